The Bertz CT molecular complexity index is 358. The molecule has 2 unspecified atom stereocenters. The van der Waals surface area contributed by atoms with E-state index in [1.807, 2.05) is 0 Å². The van der Waals surface area contributed by atoms with E-state index >= 15 is 0 Å². The molecule has 0 radical (unpaired) electrons. The van der Waals surface area contributed by atoms with Gasteiger partial charge in [0.2, 0.25) is 0 Å². The maximum atomic E-state index is 4.92. The Hall–Kier alpha value is -0.770. The largest absolute Gasteiger partial charge is 0.357 e. The quantitative estimate of drug-likeness (QED) is 0.603. The van der Waals surface area contributed by atoms with E-state index in [0.29, 0.717) is 12.1 Å². The Kier molecular flexibility index (Phi) is 7.68. The van der Waals surface area contributed by atoms with Crippen molar-refractivity contribution in [2.45, 2.75) is 78.3 Å². The second kappa shape index (κ2) is 9.51. The maximum Gasteiger partial charge on any atom is 0.191 e. The van der Waals surface area contributed by atoms with Gasteiger partial charge in [0.15, 0.2) is 5.96 Å². The van der Waals surface area contributed by atoms with Crippen LogP contribution in [0.3, 0.4) is 0 Å². The summed E-state index contributed by atoms with van der Waals surface area (Å²) in [5, 5.41) is 7.13. The van der Waals surface area contributed by atoms with Crippen LogP contribution in [-0.2, 0) is 0 Å². The summed E-state index contributed by atoms with van der Waals surface area (Å²) in [6.07, 6.45) is 8.00. The lowest BCUT2D eigenvalue weighted by molar-refractivity contribution is 0.167. The van der Waals surface area contributed by atoms with E-state index in [0.717, 1.165) is 30.9 Å². The Morgan fingerprint density at radius 1 is 1.13 bits per heavy atom. The number of rotatable bonds is 5. The van der Waals surface area contributed by atoms with Crippen molar-refractivity contribution in [2.24, 2.45) is 16.8 Å². The van der Waals surface area contributed by atoms with Crippen LogP contribution in [0.2, 0.25) is 0 Å². The molecule has 2 N–H and O–H groups in total. The highest BCUT2D eigenvalue weighted by Gasteiger charge is 2.23. The number of hydrogen-bond donors (Lipinski definition) is 2. The zero-order valence-corrected chi connectivity index (χ0v) is 15.8. The summed E-state index contributed by atoms with van der Waals surface area (Å²) in [6.45, 7) is 13.5. The summed E-state index contributed by atoms with van der Waals surface area (Å²) in [5.41, 5.74) is 0. The molecule has 23 heavy (non-hydrogen) atoms. The predicted octanol–water partition coefficient (Wildman–Crippen LogP) is 3.24. The number of guanidine groups is 1. The van der Waals surface area contributed by atoms with E-state index in [-0.39, 0.29) is 0 Å². The second-order valence-electron chi connectivity index (χ2n) is 7.79. The molecule has 0 aromatic heterocycles. The van der Waals surface area contributed by atoms with Crippen molar-refractivity contribution < 1.29 is 0 Å². The van der Waals surface area contributed by atoms with Gasteiger partial charge in [-0.05, 0) is 51.9 Å². The van der Waals surface area contributed by atoms with Crippen molar-refractivity contribution in [2.75, 3.05) is 26.2 Å². The minimum Gasteiger partial charge on any atom is -0.357 e. The fraction of sp³-hybridized carbons (Fsp3) is 0.947. The summed E-state index contributed by atoms with van der Waals surface area (Å²) in [7, 11) is 0. The summed E-state index contributed by atoms with van der Waals surface area (Å²) < 4.78 is 0. The fourth-order valence-corrected chi connectivity index (χ4v) is 3.95. The molecule has 1 heterocycles. The van der Waals surface area contributed by atoms with Crippen LogP contribution in [0.5, 0.6) is 0 Å². The number of aliphatic imine (C=N–C) groups is 1. The van der Waals surface area contributed by atoms with Gasteiger partial charge in [-0.15, -0.1) is 0 Å². The highest BCUT2D eigenvalue weighted by Crippen LogP contribution is 2.29. The molecule has 134 valence electrons. The molecule has 0 bridgehead atoms. The number of nitrogens with one attached hydrogen (secondary N) is 2. The molecule has 4 nitrogen and oxygen atoms in total. The topological polar surface area (TPSA) is 39.7 Å². The Morgan fingerprint density at radius 2 is 1.83 bits per heavy atom. The normalized spacial score (nSPS) is 28.1. The van der Waals surface area contributed by atoms with Gasteiger partial charge in [0.1, 0.15) is 0 Å². The zero-order valence-electron chi connectivity index (χ0n) is 15.8. The highest BCUT2D eigenvalue weighted by molar-refractivity contribution is 5.80. The molecule has 0 amide bonds. The Balaban J connectivity index is 1.82. The van der Waals surface area contributed by atoms with E-state index in [9.17, 15) is 0 Å². The molecular weight excluding hydrogens is 284 g/mol. The molecule has 0 aromatic rings. The molecule has 0 spiro atoms. The van der Waals surface area contributed by atoms with Crippen LogP contribution < -0.4 is 10.6 Å². The third-order valence-corrected chi connectivity index (χ3v) is 5.72. The molecule has 2 atom stereocenters. The first kappa shape index (κ1) is 18.6. The van der Waals surface area contributed by atoms with Crippen LogP contribution in [-0.4, -0.2) is 49.1 Å². The first-order valence-electron chi connectivity index (χ1n) is 9.89. The van der Waals surface area contributed by atoms with E-state index in [4.69, 9.17) is 4.99 Å². The maximum absolute atomic E-state index is 4.92. The molecule has 4 heteroatoms. The third-order valence-electron chi connectivity index (χ3n) is 5.72. The van der Waals surface area contributed by atoms with Crippen LogP contribution in [0.15, 0.2) is 4.99 Å². The minimum atomic E-state index is 0.576. The van der Waals surface area contributed by atoms with Gasteiger partial charge >= 0.3 is 0 Å². The van der Waals surface area contributed by atoms with Gasteiger partial charge in [-0.1, -0.05) is 26.2 Å². The van der Waals surface area contributed by atoms with Crippen molar-refractivity contribution in [3.8, 4) is 0 Å². The number of nitrogens with zero attached hydrogens (tertiary/aromatic N) is 2. The van der Waals surface area contributed by atoms with E-state index < -0.39 is 0 Å². The lowest BCUT2D eigenvalue weighted by Crippen LogP contribution is -2.50. The Morgan fingerprint density at radius 3 is 2.43 bits per heavy atom. The van der Waals surface area contributed by atoms with Crippen LogP contribution in [0.25, 0.3) is 0 Å². The van der Waals surface area contributed by atoms with Crippen molar-refractivity contribution in [1.82, 2.24) is 15.5 Å². The molecule has 0 aromatic carbocycles. The van der Waals surface area contributed by atoms with Gasteiger partial charge in [0.25, 0.3) is 0 Å². The van der Waals surface area contributed by atoms with Gasteiger partial charge < -0.3 is 15.5 Å². The third kappa shape index (κ3) is 5.98. The van der Waals surface area contributed by atoms with Gasteiger partial charge in [0.05, 0.1) is 0 Å². The second-order valence-corrected chi connectivity index (χ2v) is 7.79. The lowest BCUT2D eigenvalue weighted by atomic mass is 9.80. The Labute approximate surface area is 143 Å². The standard InChI is InChI=1S/C19H38N4/c1-5-20-19(21-14-17-9-7-6-8-16(17)4)22-18-10-12-23(13-11-18)15(2)3/h15-18H,5-14H2,1-4H3,(H2,20,21,22). The van der Waals surface area contributed by atoms with Crippen molar-refractivity contribution in [3.05, 3.63) is 0 Å². The van der Waals surface area contributed by atoms with E-state index in [1.165, 1.54) is 51.6 Å². The average molecular weight is 323 g/mol. The summed E-state index contributed by atoms with van der Waals surface area (Å²) in [6, 6.07) is 1.25. The van der Waals surface area contributed by atoms with Gasteiger partial charge in [0, 0.05) is 38.3 Å². The average Bonchev–Trinajstić information content (AvgIpc) is 2.54. The van der Waals surface area contributed by atoms with E-state index in [2.05, 4.69) is 43.2 Å². The monoisotopic (exact) mass is 322 g/mol. The number of piperidine rings is 1. The molecular formula is C19H38N4. The molecule has 2 aliphatic rings. The van der Waals surface area contributed by atoms with Crippen LogP contribution in [0.4, 0.5) is 0 Å². The molecule has 1 saturated carbocycles. The fourth-order valence-electron chi connectivity index (χ4n) is 3.95. The summed E-state index contributed by atoms with van der Waals surface area (Å²) in [5.74, 6) is 2.65. The van der Waals surface area contributed by atoms with Gasteiger partial charge in [-0.25, -0.2) is 0 Å². The smallest absolute Gasteiger partial charge is 0.191 e. The molecule has 1 aliphatic carbocycles. The van der Waals surface area contributed by atoms with Crippen molar-refractivity contribution in [1.29, 1.82) is 0 Å². The lowest BCUT2D eigenvalue weighted by Gasteiger charge is -2.35. The zero-order chi connectivity index (χ0) is 16.7. The molecule has 1 aliphatic heterocycles. The van der Waals surface area contributed by atoms with Gasteiger partial charge in [-0.2, -0.15) is 0 Å². The molecule has 1 saturated heterocycles. The van der Waals surface area contributed by atoms with Crippen LogP contribution >= 0.6 is 0 Å². The number of hydrogen-bond acceptors (Lipinski definition) is 2. The first-order chi connectivity index (χ1) is 11.1. The first-order valence-corrected chi connectivity index (χ1v) is 9.89. The minimum absolute atomic E-state index is 0.576. The van der Waals surface area contributed by atoms with Gasteiger partial charge in [-0.3, -0.25) is 4.99 Å². The van der Waals surface area contributed by atoms with Crippen molar-refractivity contribution in [3.63, 3.8) is 0 Å². The SMILES string of the molecule is CCNC(=NCC1CCCCC1C)NC1CCN(C(C)C)CC1. The van der Waals surface area contributed by atoms with Crippen molar-refractivity contribution >= 4 is 5.96 Å². The van der Waals surface area contributed by atoms with Crippen LogP contribution in [0.1, 0.15) is 66.2 Å². The predicted molar refractivity (Wildman–Crippen MR) is 100.0 cm³/mol. The molecule has 2 fully saturated rings. The highest BCUT2D eigenvalue weighted by atomic mass is 15.2. The van der Waals surface area contributed by atoms with E-state index in [1.54, 1.807) is 0 Å². The summed E-state index contributed by atoms with van der Waals surface area (Å²) >= 11 is 0. The molecule has 2 rings (SSSR count). The number of likely N-dealkylation sites (tertiary alicyclic amines) is 1. The van der Waals surface area contributed by atoms with Crippen LogP contribution in [0, 0.1) is 11.8 Å². The summed E-state index contributed by atoms with van der Waals surface area (Å²) in [4.78, 5) is 7.49.